The summed E-state index contributed by atoms with van der Waals surface area (Å²) in [6, 6.07) is 17.6. The average molecular weight is 512 g/mol. The molecule has 192 valence electrons. The molecule has 1 aliphatic rings. The molecule has 2 aromatic heterocycles. The maximum Gasteiger partial charge on any atom is 0.251 e. The summed E-state index contributed by atoms with van der Waals surface area (Å²) >= 11 is 0. The number of aromatic amines is 1. The van der Waals surface area contributed by atoms with Crippen molar-refractivity contribution in [1.82, 2.24) is 25.0 Å². The molecule has 0 bridgehead atoms. The van der Waals surface area contributed by atoms with Crippen LogP contribution in [-0.2, 0) is 6.54 Å². The van der Waals surface area contributed by atoms with Crippen molar-refractivity contribution in [1.29, 1.82) is 0 Å². The molecule has 38 heavy (non-hydrogen) atoms. The summed E-state index contributed by atoms with van der Waals surface area (Å²) < 4.78 is 16.1. The van der Waals surface area contributed by atoms with E-state index in [0.29, 0.717) is 35.2 Å². The maximum atomic E-state index is 13.4. The Morgan fingerprint density at radius 2 is 1.71 bits per heavy atom. The van der Waals surface area contributed by atoms with E-state index < -0.39 is 0 Å². The fourth-order valence-corrected chi connectivity index (χ4v) is 5.35. The van der Waals surface area contributed by atoms with Crippen molar-refractivity contribution >= 4 is 10.9 Å². The summed E-state index contributed by atoms with van der Waals surface area (Å²) in [5.74, 6) is 1.08. The second-order valence-electron chi connectivity index (χ2n) is 9.79. The van der Waals surface area contributed by atoms with Crippen LogP contribution < -0.4 is 0 Å². The molecule has 1 fully saturated rings. The highest BCUT2D eigenvalue weighted by atomic mass is 19.1. The number of hydrogen-bond donors (Lipinski definition) is 2. The van der Waals surface area contributed by atoms with E-state index >= 15 is 0 Å². The fourth-order valence-electron chi connectivity index (χ4n) is 5.35. The average Bonchev–Trinajstić information content (AvgIpc) is 3.69. The molecule has 0 aliphatic heterocycles. The number of nitrogens with one attached hydrogen (secondary N) is 1. The lowest BCUT2D eigenvalue weighted by atomic mass is 9.99. The third-order valence-electron chi connectivity index (χ3n) is 7.41. The molecule has 2 N–H and O–H groups in total. The minimum absolute atomic E-state index is 0.0413. The van der Waals surface area contributed by atoms with E-state index in [1.165, 1.54) is 25.0 Å². The van der Waals surface area contributed by atoms with Gasteiger partial charge in [0.05, 0.1) is 11.1 Å². The zero-order valence-corrected chi connectivity index (χ0v) is 21.1. The van der Waals surface area contributed by atoms with E-state index in [2.05, 4.69) is 20.4 Å². The van der Waals surface area contributed by atoms with Crippen molar-refractivity contribution in [3.05, 3.63) is 82.9 Å². The number of nitroso groups, excluding NO2 is 1. The Bertz CT molecular complexity index is 1620. The molecule has 0 radical (unpaired) electrons. The molecule has 0 spiro atoms. The van der Waals surface area contributed by atoms with Gasteiger partial charge in [0.2, 0.25) is 5.82 Å². The van der Waals surface area contributed by atoms with Gasteiger partial charge in [-0.05, 0) is 61.2 Å². The predicted molar refractivity (Wildman–Crippen MR) is 143 cm³/mol. The molecule has 3 aromatic carbocycles. The lowest BCUT2D eigenvalue weighted by Crippen LogP contribution is -2.12. The molecular formula is C29H28FN6O2+. The number of nitrogens with zero attached hydrogens (tertiary/aromatic N) is 5. The van der Waals surface area contributed by atoms with Crippen molar-refractivity contribution in [2.24, 2.45) is 0 Å². The number of halogens is 1. The number of fused-ring (bicyclic) bond motifs is 1. The summed E-state index contributed by atoms with van der Waals surface area (Å²) in [5, 5.41) is 28.4. The number of hydrogen-bond acceptors (Lipinski definition) is 5. The molecule has 6 rings (SSSR count). The number of H-pyrrole nitrogens is 1. The van der Waals surface area contributed by atoms with Crippen LogP contribution in [0.2, 0.25) is 0 Å². The molecule has 9 heteroatoms. The van der Waals surface area contributed by atoms with Crippen LogP contribution >= 0.6 is 0 Å². The van der Waals surface area contributed by atoms with Gasteiger partial charge in [0, 0.05) is 38.4 Å². The summed E-state index contributed by atoms with van der Waals surface area (Å²) in [6.07, 6.45) is 4.63. The highest BCUT2D eigenvalue weighted by Gasteiger charge is 2.26. The van der Waals surface area contributed by atoms with Gasteiger partial charge in [0.1, 0.15) is 11.6 Å². The van der Waals surface area contributed by atoms with Gasteiger partial charge in [-0.15, -0.1) is 10.2 Å². The first-order chi connectivity index (χ1) is 18.5. The van der Waals surface area contributed by atoms with Crippen LogP contribution in [0.4, 0.5) is 4.39 Å². The van der Waals surface area contributed by atoms with Crippen molar-refractivity contribution in [3.63, 3.8) is 0 Å². The molecule has 5 aromatic rings. The number of phenolic OH excluding ortho intramolecular Hbond substituents is 1. The molecular weight excluding hydrogens is 483 g/mol. The Morgan fingerprint density at radius 3 is 2.39 bits per heavy atom. The Kier molecular flexibility index (Phi) is 6.19. The van der Waals surface area contributed by atoms with Crippen LogP contribution in [0.15, 0.2) is 60.7 Å². The van der Waals surface area contributed by atoms with E-state index in [9.17, 15) is 14.4 Å². The van der Waals surface area contributed by atoms with Gasteiger partial charge >= 0.3 is 0 Å². The van der Waals surface area contributed by atoms with Gasteiger partial charge in [-0.2, -0.15) is 5.10 Å². The van der Waals surface area contributed by atoms with Crippen LogP contribution in [0.5, 0.6) is 5.75 Å². The second kappa shape index (κ2) is 9.81. The van der Waals surface area contributed by atoms with Gasteiger partial charge < -0.3 is 5.11 Å². The Balaban J connectivity index is 1.46. The number of benzene rings is 3. The van der Waals surface area contributed by atoms with Gasteiger partial charge in [-0.3, -0.25) is 9.67 Å². The van der Waals surface area contributed by atoms with Crippen molar-refractivity contribution < 1.29 is 14.3 Å². The van der Waals surface area contributed by atoms with E-state index in [-0.39, 0.29) is 18.1 Å². The van der Waals surface area contributed by atoms with Crippen LogP contribution in [0.1, 0.15) is 50.0 Å². The molecule has 8 nitrogen and oxygen atoms in total. The number of phenols is 1. The monoisotopic (exact) mass is 511 g/mol. The van der Waals surface area contributed by atoms with E-state index in [1.54, 1.807) is 25.1 Å². The number of aromatic nitrogens is 5. The molecule has 1 aliphatic carbocycles. The topological polar surface area (TPSA) is 99.7 Å². The first kappa shape index (κ1) is 24.0. The minimum atomic E-state index is -0.285. The predicted octanol–water partition coefficient (Wildman–Crippen LogP) is 6.28. The first-order valence-corrected chi connectivity index (χ1v) is 13.0. The van der Waals surface area contributed by atoms with E-state index in [1.807, 2.05) is 34.9 Å². The molecule has 0 unspecified atom stereocenters. The van der Waals surface area contributed by atoms with Crippen LogP contribution in [0.25, 0.3) is 39.1 Å². The maximum absolute atomic E-state index is 13.4. The summed E-state index contributed by atoms with van der Waals surface area (Å²) in [5.41, 5.74) is 4.88. The normalized spacial score (nSPS) is 13.9. The Labute approximate surface area is 218 Å². The third-order valence-corrected chi connectivity index (χ3v) is 7.41. The van der Waals surface area contributed by atoms with E-state index in [0.717, 1.165) is 45.5 Å². The standard InChI is InChI=1S/C29H27FN6O2/c1-2-35(38)17-27-32-34-29(36(27)22-13-9-19(10-14-22)18-7-11-21(30)12-8-18)24-15-23-25(16-26(24)37)31-33-28(23)20-5-3-4-6-20/h7-16,20H,2-6,17H2,1H3,(H-,31,33,34,37)/p+1. The zero-order valence-electron chi connectivity index (χ0n) is 21.1. The fraction of sp³-hybridized carbons (Fsp3) is 0.276. The van der Waals surface area contributed by atoms with Crippen LogP contribution in [0.3, 0.4) is 0 Å². The Morgan fingerprint density at radius 1 is 1.03 bits per heavy atom. The summed E-state index contributed by atoms with van der Waals surface area (Å²) in [4.78, 5) is 12.3. The number of rotatable bonds is 7. The minimum Gasteiger partial charge on any atom is -0.507 e. The molecule has 0 saturated heterocycles. The van der Waals surface area contributed by atoms with Crippen molar-refractivity contribution in [3.8, 4) is 34.0 Å². The second-order valence-corrected chi connectivity index (χ2v) is 9.79. The van der Waals surface area contributed by atoms with Crippen molar-refractivity contribution in [2.75, 3.05) is 6.54 Å². The lowest BCUT2D eigenvalue weighted by molar-refractivity contribution is -0.562. The third kappa shape index (κ3) is 4.34. The van der Waals surface area contributed by atoms with Crippen LogP contribution in [-0.4, -0.2) is 41.4 Å². The van der Waals surface area contributed by atoms with Crippen molar-refractivity contribution in [2.45, 2.75) is 45.1 Å². The highest BCUT2D eigenvalue weighted by Crippen LogP contribution is 2.40. The molecule has 0 amide bonds. The summed E-state index contributed by atoms with van der Waals surface area (Å²) in [6.45, 7) is 2.14. The molecule has 0 atom stereocenters. The summed E-state index contributed by atoms with van der Waals surface area (Å²) in [7, 11) is 0. The van der Waals surface area contributed by atoms with Crippen LogP contribution in [0, 0.1) is 10.7 Å². The largest absolute Gasteiger partial charge is 0.507 e. The molecule has 1 saturated carbocycles. The lowest BCUT2D eigenvalue weighted by Gasteiger charge is -2.12. The SMILES string of the molecule is CC[N+](=O)Cc1nnc(-c2cc3c(C4CCCC4)[nH]nc3cc2O)n1-c1ccc(-c2ccc(F)cc2)cc1. The van der Waals surface area contributed by atoms with Gasteiger partial charge in [-0.1, -0.05) is 37.1 Å². The van der Waals surface area contributed by atoms with Gasteiger partial charge in [-0.25, -0.2) is 4.39 Å². The van der Waals surface area contributed by atoms with Gasteiger partial charge in [0.15, 0.2) is 12.4 Å². The zero-order chi connectivity index (χ0) is 26.2. The quantitative estimate of drug-likeness (QED) is 0.251. The first-order valence-electron chi connectivity index (χ1n) is 13.0. The molecule has 2 heterocycles. The highest BCUT2D eigenvalue weighted by molar-refractivity contribution is 5.89. The number of aromatic hydroxyl groups is 1. The smallest absolute Gasteiger partial charge is 0.251 e. The van der Waals surface area contributed by atoms with Gasteiger partial charge in [0.25, 0.3) is 6.54 Å². The van der Waals surface area contributed by atoms with E-state index in [4.69, 9.17) is 0 Å². The Hall–Kier alpha value is -4.40.